The normalized spacial score (nSPS) is 16.8. The van der Waals surface area contributed by atoms with Crippen molar-refractivity contribution in [3.05, 3.63) is 226 Å². The van der Waals surface area contributed by atoms with Crippen LogP contribution in [0.3, 0.4) is 0 Å². The average Bonchev–Trinajstić information content (AvgIpc) is 3.84. The zero-order chi connectivity index (χ0) is 40.5. The third-order valence-electron chi connectivity index (χ3n) is 13.7. The van der Waals surface area contributed by atoms with E-state index in [4.69, 9.17) is 17.0 Å². The number of rotatable bonds is 8. The molecule has 0 aliphatic heterocycles. The molecule has 2 aliphatic rings. The van der Waals surface area contributed by atoms with E-state index in [1.54, 1.807) is 0 Å². The van der Waals surface area contributed by atoms with Crippen molar-refractivity contribution in [3.8, 4) is 22.3 Å². The molecule has 8 aromatic carbocycles. The van der Waals surface area contributed by atoms with Crippen molar-refractivity contribution in [1.82, 2.24) is 0 Å². The van der Waals surface area contributed by atoms with Crippen molar-refractivity contribution in [2.75, 3.05) is 0 Å². The Morgan fingerprint density at radius 3 is 1.54 bits per heavy atom. The summed E-state index contributed by atoms with van der Waals surface area (Å²) in [7, 11) is 18.2. The van der Waals surface area contributed by atoms with Gasteiger partial charge in [0.25, 0.3) is 0 Å². The van der Waals surface area contributed by atoms with Gasteiger partial charge >= 0.3 is 361 Å². The molecule has 0 saturated heterocycles. The summed E-state index contributed by atoms with van der Waals surface area (Å²) < 4.78 is -0.147. The van der Waals surface area contributed by atoms with E-state index in [2.05, 4.69) is 215 Å². The molecule has 0 spiro atoms. The molecular weight excluding hydrogens is 851 g/mol. The van der Waals surface area contributed by atoms with Gasteiger partial charge in [-0.2, -0.15) is 0 Å². The molecule has 0 saturated carbocycles. The summed E-state index contributed by atoms with van der Waals surface area (Å²) in [4.78, 5) is 0. The molecule has 2 aliphatic carbocycles. The monoisotopic (exact) mass is 895 g/mol. The van der Waals surface area contributed by atoms with Gasteiger partial charge in [0.15, 0.2) is 0 Å². The van der Waals surface area contributed by atoms with E-state index in [0.29, 0.717) is 0 Å². The van der Waals surface area contributed by atoms with Crippen LogP contribution in [0.1, 0.15) is 59.0 Å². The Bertz CT molecular complexity index is 2950. The maximum atomic E-state index is 9.12. The van der Waals surface area contributed by atoms with Gasteiger partial charge in [-0.25, -0.2) is 0 Å². The summed E-state index contributed by atoms with van der Waals surface area (Å²) in [6.07, 6.45) is 4.99. The van der Waals surface area contributed by atoms with E-state index in [0.717, 1.165) is 0 Å². The number of aryl methyl sites for hydroxylation is 1. The molecule has 4 heteroatoms. The summed E-state index contributed by atoms with van der Waals surface area (Å²) in [5, 5.41) is 5.00. The topological polar surface area (TPSA) is 0 Å². The Hall–Kier alpha value is -4.56. The summed E-state index contributed by atoms with van der Waals surface area (Å²) in [6, 6.07) is 64.6. The van der Waals surface area contributed by atoms with E-state index < -0.39 is 21.5 Å². The van der Waals surface area contributed by atoms with Crippen LogP contribution in [-0.4, -0.2) is 5.92 Å². The molecule has 0 bridgehead atoms. The molecule has 8 aromatic rings. The van der Waals surface area contributed by atoms with Gasteiger partial charge in [-0.1, -0.05) is 0 Å². The van der Waals surface area contributed by atoms with Crippen molar-refractivity contribution in [1.29, 1.82) is 0 Å². The quantitative estimate of drug-likeness (QED) is 0.133. The van der Waals surface area contributed by atoms with Gasteiger partial charge in [-0.3, -0.25) is 0 Å². The molecule has 0 nitrogen and oxygen atoms in total. The zero-order valence-corrected chi connectivity index (χ0v) is 39.1. The van der Waals surface area contributed by atoms with E-state index in [-0.39, 0.29) is 13.2 Å². The first kappa shape index (κ1) is 38.6. The molecule has 0 N–H and O–H groups in total. The number of allylic oxidation sites excluding steroid dienone is 2. The second kappa shape index (κ2) is 14.9. The molecule has 0 radical (unpaired) electrons. The predicted molar refractivity (Wildman–Crippen MR) is 256 cm³/mol. The van der Waals surface area contributed by atoms with Crippen molar-refractivity contribution < 1.29 is 15.6 Å². The van der Waals surface area contributed by atoms with Gasteiger partial charge < -0.3 is 0 Å². The molecule has 0 aromatic heterocycles. The average molecular weight is 898 g/mol. The zero-order valence-electron chi connectivity index (χ0n) is 34.0. The Kier molecular flexibility index (Phi) is 9.73. The van der Waals surface area contributed by atoms with Crippen LogP contribution in [0.2, 0.25) is 13.1 Å². The standard InChI is InChI=1S/C32H23.C21H17.C2H7Si.2ClH.Zr/c1-3-12-24(13-4-1)32(25-14-5-2-6-15-25)27-21-26-17-10-20-30(31(26)22-27)29-19-9-16-23-11-7-8-18-28(23)29;1-14-12-20-15(2)10-11-19(21(20)13-14)18-9-5-7-16-6-3-4-8-17(16)18;1-3-2;;;/h1-22,32H;3-13H,1-2H3;3H,1-2H3;2*1H;/q;;;;;+2/p-2. The Morgan fingerprint density at radius 2 is 0.966 bits per heavy atom. The Morgan fingerprint density at radius 1 is 0.475 bits per heavy atom. The summed E-state index contributed by atoms with van der Waals surface area (Å²) in [5.74, 6) is -1.89. The van der Waals surface area contributed by atoms with Crippen LogP contribution in [0, 0.1) is 6.92 Å². The predicted octanol–water partition coefficient (Wildman–Crippen LogP) is 16.0. The van der Waals surface area contributed by atoms with Crippen molar-refractivity contribution in [2.24, 2.45) is 0 Å². The fraction of sp³-hybridized carbons (Fsp3) is 0.127. The molecule has 0 heterocycles. The molecule has 2 atom stereocenters. The van der Waals surface area contributed by atoms with Crippen LogP contribution in [-0.2, 0) is 15.6 Å². The fourth-order valence-corrected chi connectivity index (χ4v) is 42.8. The van der Waals surface area contributed by atoms with Gasteiger partial charge in [0.2, 0.25) is 0 Å². The molecule has 289 valence electrons. The first-order valence-corrected chi connectivity index (χ1v) is 37.3. The van der Waals surface area contributed by atoms with Crippen molar-refractivity contribution in [2.45, 2.75) is 40.1 Å². The second-order valence-electron chi connectivity index (χ2n) is 17.2. The molecule has 0 fully saturated rings. The minimum atomic E-state index is -5.26. The molecule has 2 unspecified atom stereocenters. The first-order valence-electron chi connectivity index (χ1n) is 20.9. The Labute approximate surface area is 357 Å². The molecule has 59 heavy (non-hydrogen) atoms. The maximum absolute atomic E-state index is 9.12. The van der Waals surface area contributed by atoms with E-state index in [1.807, 2.05) is 0 Å². The van der Waals surface area contributed by atoms with Crippen LogP contribution in [0.15, 0.2) is 187 Å². The van der Waals surface area contributed by atoms with Gasteiger partial charge in [0, 0.05) is 0 Å². The van der Waals surface area contributed by atoms with Crippen LogP contribution in [0.25, 0.3) is 56.0 Å². The third kappa shape index (κ3) is 6.09. The van der Waals surface area contributed by atoms with Gasteiger partial charge in [0.05, 0.1) is 0 Å². The Balaban J connectivity index is 1.26. The number of fused-ring (bicyclic) bond motifs is 4. The van der Waals surface area contributed by atoms with E-state index in [1.165, 1.54) is 93.9 Å². The van der Waals surface area contributed by atoms with Gasteiger partial charge in [-0.15, -0.1) is 0 Å². The van der Waals surface area contributed by atoms with E-state index in [9.17, 15) is 0 Å². The SMILES string of the molecule is CC1=Cc2c(-c3cccc4ccccc34)ccc(C)c2[CH]1[Zr]([Cl])([Cl])([CH]1C(C(c2ccccc2)c2ccccc2)=Cc2c(-c3cccc4ccccc34)cccc21)[SiH](C)C. The number of halogens is 2. The summed E-state index contributed by atoms with van der Waals surface area (Å²) >= 11 is -5.26. The molecule has 10 rings (SSSR count). The van der Waals surface area contributed by atoms with Crippen molar-refractivity contribution >= 4 is 56.6 Å². The third-order valence-corrected chi connectivity index (χ3v) is 65.6. The molecular formula is C55H47Cl2SiZr. The molecule has 0 amide bonds. The summed E-state index contributed by atoms with van der Waals surface area (Å²) in [6.45, 7) is 9.53. The number of hydrogen-bond donors (Lipinski definition) is 0. The van der Waals surface area contributed by atoms with Crippen LogP contribution < -0.4 is 0 Å². The van der Waals surface area contributed by atoms with Crippen LogP contribution in [0.5, 0.6) is 0 Å². The number of hydrogen-bond acceptors (Lipinski definition) is 0. The van der Waals surface area contributed by atoms with E-state index >= 15 is 0 Å². The van der Waals surface area contributed by atoms with Gasteiger partial charge in [0.1, 0.15) is 0 Å². The van der Waals surface area contributed by atoms with Crippen LogP contribution >= 0.6 is 17.0 Å². The van der Waals surface area contributed by atoms with Crippen LogP contribution in [0.4, 0.5) is 0 Å². The van der Waals surface area contributed by atoms with Crippen molar-refractivity contribution in [3.63, 3.8) is 0 Å². The first-order chi connectivity index (χ1) is 28.6. The van der Waals surface area contributed by atoms with Gasteiger partial charge in [-0.05, 0) is 0 Å². The fourth-order valence-electron chi connectivity index (χ4n) is 10.9. The minimum absolute atomic E-state index is 0.0263. The number of benzene rings is 8. The second-order valence-corrected chi connectivity index (χ2v) is 59.7. The summed E-state index contributed by atoms with van der Waals surface area (Å²) in [5.41, 5.74) is 16.6.